The van der Waals surface area contributed by atoms with Gasteiger partial charge in [0.25, 0.3) is 0 Å². The van der Waals surface area contributed by atoms with Crippen molar-refractivity contribution in [1.29, 1.82) is 0 Å². The van der Waals surface area contributed by atoms with Crippen molar-refractivity contribution in [2.45, 2.75) is 19.8 Å². The van der Waals surface area contributed by atoms with Crippen LogP contribution in [0.25, 0.3) is 11.4 Å². The summed E-state index contributed by atoms with van der Waals surface area (Å²) in [6, 6.07) is 5.89. The summed E-state index contributed by atoms with van der Waals surface area (Å²) < 4.78 is 13.3. The smallest absolute Gasteiger partial charge is 0.161 e. The lowest BCUT2D eigenvalue weighted by Gasteiger charge is -2.08. The lowest BCUT2D eigenvalue weighted by atomic mass is 10.1. The van der Waals surface area contributed by atoms with Crippen molar-refractivity contribution in [3.8, 4) is 11.4 Å². The average molecular weight is 285 g/mol. The highest BCUT2D eigenvalue weighted by molar-refractivity contribution is 6.31. The third-order valence-corrected chi connectivity index (χ3v) is 2.84. The van der Waals surface area contributed by atoms with Crippen LogP contribution in [0.1, 0.15) is 25.5 Å². The molecule has 0 atom stereocenters. The van der Waals surface area contributed by atoms with Crippen molar-refractivity contribution >= 4 is 23.2 Å². The van der Waals surface area contributed by atoms with Crippen molar-refractivity contribution < 1.29 is 4.39 Å². The van der Waals surface area contributed by atoms with E-state index in [2.05, 4.69) is 9.97 Å². The lowest BCUT2D eigenvalue weighted by Crippen LogP contribution is -1.98. The van der Waals surface area contributed by atoms with Crippen LogP contribution in [-0.2, 0) is 0 Å². The Bertz CT molecular complexity index is 565. The fraction of sp³-hybridized carbons (Fsp3) is 0.231. The minimum absolute atomic E-state index is 0.216. The van der Waals surface area contributed by atoms with Crippen LogP contribution < -0.4 is 0 Å². The van der Waals surface area contributed by atoms with E-state index in [4.69, 9.17) is 23.2 Å². The van der Waals surface area contributed by atoms with E-state index < -0.39 is 5.82 Å². The number of hydrogen-bond donors (Lipinski definition) is 0. The van der Waals surface area contributed by atoms with Crippen LogP contribution >= 0.6 is 23.2 Å². The Kier molecular flexibility index (Phi) is 3.83. The van der Waals surface area contributed by atoms with Crippen molar-refractivity contribution in [2.24, 2.45) is 0 Å². The first kappa shape index (κ1) is 13.2. The first-order valence-corrected chi connectivity index (χ1v) is 6.22. The largest absolute Gasteiger partial charge is 0.233 e. The molecule has 1 heterocycles. The molecule has 0 bridgehead atoms. The van der Waals surface area contributed by atoms with E-state index in [1.54, 1.807) is 12.1 Å². The maximum Gasteiger partial charge on any atom is 0.161 e. The number of rotatable bonds is 2. The first-order chi connectivity index (χ1) is 8.45. The summed E-state index contributed by atoms with van der Waals surface area (Å²) in [5.41, 5.74) is 1.33. The van der Waals surface area contributed by atoms with Crippen LogP contribution in [0.15, 0.2) is 24.3 Å². The van der Waals surface area contributed by atoms with Crippen molar-refractivity contribution in [3.63, 3.8) is 0 Å². The average Bonchev–Trinajstić information content (AvgIpc) is 2.26. The second-order valence-corrected chi connectivity index (χ2v) is 5.08. The number of nitrogens with zero attached hydrogens (tertiary/aromatic N) is 2. The van der Waals surface area contributed by atoms with Crippen LogP contribution in [0, 0.1) is 5.82 Å². The van der Waals surface area contributed by atoms with Gasteiger partial charge in [-0.05, 0) is 30.2 Å². The Hall–Kier alpha value is -1.19. The van der Waals surface area contributed by atoms with Gasteiger partial charge < -0.3 is 0 Å². The van der Waals surface area contributed by atoms with Crippen LogP contribution in [0.3, 0.4) is 0 Å². The molecule has 0 fully saturated rings. The molecule has 1 aromatic heterocycles. The van der Waals surface area contributed by atoms with E-state index in [-0.39, 0.29) is 5.92 Å². The molecule has 0 aliphatic rings. The highest BCUT2D eigenvalue weighted by Crippen LogP contribution is 2.25. The van der Waals surface area contributed by atoms with E-state index in [0.29, 0.717) is 21.6 Å². The molecule has 5 heteroatoms. The van der Waals surface area contributed by atoms with Gasteiger partial charge in [0.05, 0.1) is 0 Å². The number of aromatic nitrogens is 2. The van der Waals surface area contributed by atoms with Gasteiger partial charge in [0.1, 0.15) is 11.0 Å². The van der Waals surface area contributed by atoms with Gasteiger partial charge in [0.15, 0.2) is 5.82 Å². The summed E-state index contributed by atoms with van der Waals surface area (Å²) in [7, 11) is 0. The SMILES string of the molecule is CC(C)c1cc(Cl)nc(-c2cc(F)cc(Cl)c2)n1. The third kappa shape index (κ3) is 2.98. The molecule has 0 aliphatic heterocycles. The van der Waals surface area contributed by atoms with E-state index in [0.717, 1.165) is 5.69 Å². The molecule has 1 aromatic carbocycles. The molecule has 0 saturated heterocycles. The predicted octanol–water partition coefficient (Wildman–Crippen LogP) is 4.71. The summed E-state index contributed by atoms with van der Waals surface area (Å²) in [4.78, 5) is 8.46. The van der Waals surface area contributed by atoms with Gasteiger partial charge in [-0.2, -0.15) is 0 Å². The molecule has 0 aliphatic carbocycles. The number of hydrogen-bond acceptors (Lipinski definition) is 2. The molecule has 0 unspecified atom stereocenters. The fourth-order valence-electron chi connectivity index (χ4n) is 1.54. The zero-order chi connectivity index (χ0) is 13.3. The van der Waals surface area contributed by atoms with E-state index in [9.17, 15) is 4.39 Å². The van der Waals surface area contributed by atoms with E-state index in [1.807, 2.05) is 13.8 Å². The van der Waals surface area contributed by atoms with Crippen molar-refractivity contribution in [2.75, 3.05) is 0 Å². The Labute approximate surface area is 115 Å². The monoisotopic (exact) mass is 284 g/mol. The standard InChI is InChI=1S/C13H11Cl2FN2/c1-7(2)11-6-12(15)18-13(17-11)8-3-9(14)5-10(16)4-8/h3-7H,1-2H3. The fourth-order valence-corrected chi connectivity index (χ4v) is 1.96. The minimum Gasteiger partial charge on any atom is -0.233 e. The van der Waals surface area contributed by atoms with Gasteiger partial charge in [-0.1, -0.05) is 37.0 Å². The van der Waals surface area contributed by atoms with Gasteiger partial charge in [0.2, 0.25) is 0 Å². The summed E-state index contributed by atoms with van der Waals surface area (Å²) in [5.74, 6) is 0.174. The molecule has 2 aromatic rings. The summed E-state index contributed by atoms with van der Waals surface area (Å²) in [6.07, 6.45) is 0. The molecule has 94 valence electrons. The van der Waals surface area contributed by atoms with Crippen molar-refractivity contribution in [1.82, 2.24) is 9.97 Å². The lowest BCUT2D eigenvalue weighted by molar-refractivity contribution is 0.628. The van der Waals surface area contributed by atoms with E-state index in [1.165, 1.54) is 12.1 Å². The quantitative estimate of drug-likeness (QED) is 0.746. The minimum atomic E-state index is -0.424. The summed E-state index contributed by atoms with van der Waals surface area (Å²) in [5, 5.41) is 0.642. The maximum atomic E-state index is 13.3. The molecular weight excluding hydrogens is 274 g/mol. The highest BCUT2D eigenvalue weighted by Gasteiger charge is 2.10. The molecule has 0 amide bonds. The molecule has 18 heavy (non-hydrogen) atoms. The molecule has 2 rings (SSSR count). The summed E-state index contributed by atoms with van der Waals surface area (Å²) >= 11 is 11.8. The predicted molar refractivity (Wildman–Crippen MR) is 71.5 cm³/mol. The number of benzene rings is 1. The highest BCUT2D eigenvalue weighted by atomic mass is 35.5. The van der Waals surface area contributed by atoms with Crippen LogP contribution in [0.4, 0.5) is 4.39 Å². The van der Waals surface area contributed by atoms with Crippen LogP contribution in [0.5, 0.6) is 0 Å². The van der Waals surface area contributed by atoms with E-state index >= 15 is 0 Å². The van der Waals surface area contributed by atoms with Gasteiger partial charge in [-0.15, -0.1) is 0 Å². The van der Waals surface area contributed by atoms with Gasteiger partial charge in [0, 0.05) is 16.3 Å². The van der Waals surface area contributed by atoms with Crippen LogP contribution in [0.2, 0.25) is 10.2 Å². The van der Waals surface area contributed by atoms with Crippen molar-refractivity contribution in [3.05, 3.63) is 46.0 Å². The van der Waals surface area contributed by atoms with Gasteiger partial charge in [-0.25, -0.2) is 14.4 Å². The Morgan fingerprint density at radius 1 is 1.06 bits per heavy atom. The molecule has 0 N–H and O–H groups in total. The first-order valence-electron chi connectivity index (χ1n) is 5.46. The zero-order valence-electron chi connectivity index (χ0n) is 9.92. The Morgan fingerprint density at radius 3 is 2.39 bits per heavy atom. The molecule has 0 spiro atoms. The number of halogens is 3. The zero-order valence-corrected chi connectivity index (χ0v) is 11.4. The second kappa shape index (κ2) is 5.21. The Morgan fingerprint density at radius 2 is 1.78 bits per heavy atom. The molecular formula is C13H11Cl2FN2. The molecule has 0 saturated carbocycles. The van der Waals surface area contributed by atoms with Crippen LogP contribution in [-0.4, -0.2) is 9.97 Å². The topological polar surface area (TPSA) is 25.8 Å². The maximum absolute atomic E-state index is 13.3. The Balaban J connectivity index is 2.56. The summed E-state index contributed by atoms with van der Waals surface area (Å²) in [6.45, 7) is 4.00. The second-order valence-electron chi connectivity index (χ2n) is 4.25. The molecule has 0 radical (unpaired) electrons. The third-order valence-electron chi connectivity index (χ3n) is 2.43. The van der Waals surface area contributed by atoms with Gasteiger partial charge >= 0.3 is 0 Å². The normalized spacial score (nSPS) is 11.0. The molecule has 2 nitrogen and oxygen atoms in total. The van der Waals surface area contributed by atoms with Gasteiger partial charge in [-0.3, -0.25) is 0 Å².